The van der Waals surface area contributed by atoms with E-state index in [0.717, 1.165) is 44.3 Å². The van der Waals surface area contributed by atoms with Crippen molar-refractivity contribution >= 4 is 21.9 Å². The van der Waals surface area contributed by atoms with Crippen molar-refractivity contribution in [2.24, 2.45) is 4.99 Å². The Bertz CT molecular complexity index is 612. The number of aliphatic imine (C=N–C) groups is 1. The first-order valence-corrected chi connectivity index (χ1v) is 9.31. The van der Waals surface area contributed by atoms with Crippen molar-refractivity contribution in [1.82, 2.24) is 24.9 Å². The first-order chi connectivity index (χ1) is 11.0. The molecule has 0 saturated carbocycles. The first kappa shape index (κ1) is 17.4. The number of piperazine rings is 1. The Labute approximate surface area is 136 Å². The number of aromatic nitrogens is 2. The van der Waals surface area contributed by atoms with E-state index >= 15 is 0 Å². The van der Waals surface area contributed by atoms with Gasteiger partial charge >= 0.3 is 0 Å². The topological polar surface area (TPSA) is 103 Å². The van der Waals surface area contributed by atoms with Gasteiger partial charge in [-0.05, 0) is 6.07 Å². The molecule has 2 rings (SSSR count). The molecule has 0 aromatic carbocycles. The van der Waals surface area contributed by atoms with E-state index in [1.807, 2.05) is 0 Å². The molecule has 0 amide bonds. The molecule has 2 N–H and O–H groups in total. The zero-order chi connectivity index (χ0) is 16.7. The lowest BCUT2D eigenvalue weighted by molar-refractivity contribution is 0.370. The summed E-state index contributed by atoms with van der Waals surface area (Å²) < 4.78 is 24.5. The van der Waals surface area contributed by atoms with Gasteiger partial charge in [0.1, 0.15) is 0 Å². The van der Waals surface area contributed by atoms with Crippen LogP contribution in [-0.2, 0) is 10.0 Å². The Morgan fingerprint density at radius 1 is 1.22 bits per heavy atom. The summed E-state index contributed by atoms with van der Waals surface area (Å²) in [6, 6.07) is 1.80. The molecule has 0 unspecified atom stereocenters. The van der Waals surface area contributed by atoms with Crippen LogP contribution in [-0.4, -0.2) is 81.8 Å². The highest BCUT2D eigenvalue weighted by molar-refractivity contribution is 7.88. The summed E-state index contributed by atoms with van der Waals surface area (Å²) in [6.07, 6.45) is 4.63. The van der Waals surface area contributed by atoms with Gasteiger partial charge in [0.25, 0.3) is 0 Å². The van der Waals surface area contributed by atoms with Gasteiger partial charge in [0, 0.05) is 58.7 Å². The van der Waals surface area contributed by atoms with E-state index in [1.54, 1.807) is 25.5 Å². The highest BCUT2D eigenvalue weighted by Crippen LogP contribution is 2.09. The van der Waals surface area contributed by atoms with Gasteiger partial charge < -0.3 is 15.1 Å². The largest absolute Gasteiger partial charge is 0.355 e. The van der Waals surface area contributed by atoms with Gasteiger partial charge in [-0.1, -0.05) is 0 Å². The van der Waals surface area contributed by atoms with Crippen molar-refractivity contribution in [1.29, 1.82) is 0 Å². The zero-order valence-electron chi connectivity index (χ0n) is 13.4. The number of anilines is 1. The van der Waals surface area contributed by atoms with Crippen LogP contribution in [0.15, 0.2) is 23.5 Å². The number of nitrogens with one attached hydrogen (secondary N) is 2. The molecular formula is C13H23N7O2S. The molecule has 23 heavy (non-hydrogen) atoms. The summed E-state index contributed by atoms with van der Waals surface area (Å²) in [5, 5.41) is 3.17. The van der Waals surface area contributed by atoms with Crippen LogP contribution in [0.2, 0.25) is 0 Å². The molecule has 0 atom stereocenters. The fraction of sp³-hybridized carbons (Fsp3) is 0.615. The van der Waals surface area contributed by atoms with E-state index in [-0.39, 0.29) is 0 Å². The molecule has 128 valence electrons. The van der Waals surface area contributed by atoms with Crippen LogP contribution < -0.4 is 14.9 Å². The van der Waals surface area contributed by atoms with Crippen LogP contribution in [0.1, 0.15) is 0 Å². The summed E-state index contributed by atoms with van der Waals surface area (Å²) in [6.45, 7) is 4.05. The number of hydrogen-bond donors (Lipinski definition) is 2. The van der Waals surface area contributed by atoms with Crippen LogP contribution >= 0.6 is 0 Å². The third-order valence-electron chi connectivity index (χ3n) is 3.40. The Morgan fingerprint density at radius 2 is 1.87 bits per heavy atom. The molecule has 1 aromatic rings. The van der Waals surface area contributed by atoms with Crippen LogP contribution in [0.3, 0.4) is 0 Å². The lowest BCUT2D eigenvalue weighted by Crippen LogP contribution is -2.53. The standard InChI is InChI=1S/C13H23N7O2S/c1-14-12(17-6-7-18-23(2,21)22)19-8-10-20(11-9-19)13-15-4-3-5-16-13/h3-5,18H,6-11H2,1-2H3,(H,14,17). The number of guanidine groups is 1. The second-order valence-corrected chi connectivity index (χ2v) is 7.00. The summed E-state index contributed by atoms with van der Waals surface area (Å²) in [5.41, 5.74) is 0. The normalized spacial score (nSPS) is 16.5. The zero-order valence-corrected chi connectivity index (χ0v) is 14.3. The van der Waals surface area contributed by atoms with Crippen molar-refractivity contribution < 1.29 is 8.42 Å². The second kappa shape index (κ2) is 8.06. The molecule has 2 heterocycles. The molecule has 1 aliphatic rings. The maximum Gasteiger partial charge on any atom is 0.225 e. The summed E-state index contributed by atoms with van der Waals surface area (Å²) in [4.78, 5) is 17.0. The van der Waals surface area contributed by atoms with Gasteiger partial charge in [-0.25, -0.2) is 23.1 Å². The third-order valence-corrected chi connectivity index (χ3v) is 4.13. The van der Waals surface area contributed by atoms with Gasteiger partial charge in [-0.15, -0.1) is 0 Å². The van der Waals surface area contributed by atoms with E-state index in [9.17, 15) is 8.42 Å². The van der Waals surface area contributed by atoms with Crippen LogP contribution in [0.25, 0.3) is 0 Å². The van der Waals surface area contributed by atoms with Crippen molar-refractivity contribution in [3.05, 3.63) is 18.5 Å². The fourth-order valence-electron chi connectivity index (χ4n) is 2.32. The lowest BCUT2D eigenvalue weighted by Gasteiger charge is -2.36. The summed E-state index contributed by atoms with van der Waals surface area (Å²) in [7, 11) is -1.43. The lowest BCUT2D eigenvalue weighted by atomic mass is 10.3. The maximum absolute atomic E-state index is 11.0. The first-order valence-electron chi connectivity index (χ1n) is 7.42. The minimum Gasteiger partial charge on any atom is -0.355 e. The molecule has 10 heteroatoms. The van der Waals surface area contributed by atoms with Gasteiger partial charge in [0.05, 0.1) is 6.26 Å². The molecule has 1 saturated heterocycles. The monoisotopic (exact) mass is 341 g/mol. The molecule has 0 spiro atoms. The van der Waals surface area contributed by atoms with Gasteiger partial charge in [-0.3, -0.25) is 4.99 Å². The van der Waals surface area contributed by atoms with Crippen LogP contribution in [0.4, 0.5) is 5.95 Å². The SMILES string of the molecule is CN=C(NCCNS(C)(=O)=O)N1CCN(c2ncccn2)CC1. The van der Waals surface area contributed by atoms with E-state index < -0.39 is 10.0 Å². The Balaban J connectivity index is 1.78. The predicted octanol–water partition coefficient (Wildman–Crippen LogP) is -1.28. The number of rotatable bonds is 5. The molecule has 1 fully saturated rings. The number of hydrogen-bond acceptors (Lipinski definition) is 6. The Morgan fingerprint density at radius 3 is 2.43 bits per heavy atom. The number of nitrogens with zero attached hydrogens (tertiary/aromatic N) is 5. The van der Waals surface area contributed by atoms with Crippen LogP contribution in [0.5, 0.6) is 0 Å². The quantitative estimate of drug-likeness (QED) is 0.391. The van der Waals surface area contributed by atoms with Crippen LogP contribution in [0, 0.1) is 0 Å². The molecule has 0 bridgehead atoms. The molecular weight excluding hydrogens is 318 g/mol. The maximum atomic E-state index is 11.0. The van der Waals surface area contributed by atoms with E-state index in [2.05, 4.69) is 34.8 Å². The highest BCUT2D eigenvalue weighted by atomic mass is 32.2. The van der Waals surface area contributed by atoms with Gasteiger partial charge in [0.15, 0.2) is 5.96 Å². The van der Waals surface area contributed by atoms with Gasteiger partial charge in [0.2, 0.25) is 16.0 Å². The molecule has 0 radical (unpaired) electrons. The second-order valence-electron chi connectivity index (χ2n) is 5.16. The third kappa shape index (κ3) is 5.64. The summed E-state index contributed by atoms with van der Waals surface area (Å²) in [5.74, 6) is 1.52. The van der Waals surface area contributed by atoms with E-state index in [1.165, 1.54) is 0 Å². The smallest absolute Gasteiger partial charge is 0.225 e. The number of sulfonamides is 1. The fourth-order valence-corrected chi connectivity index (χ4v) is 2.79. The minimum atomic E-state index is -3.16. The van der Waals surface area contributed by atoms with E-state index in [0.29, 0.717) is 13.1 Å². The average molecular weight is 341 g/mol. The molecule has 9 nitrogen and oxygen atoms in total. The van der Waals surface area contributed by atoms with Crippen molar-refractivity contribution in [2.75, 3.05) is 57.5 Å². The molecule has 0 aliphatic carbocycles. The van der Waals surface area contributed by atoms with Crippen molar-refractivity contribution in [3.63, 3.8) is 0 Å². The van der Waals surface area contributed by atoms with E-state index in [4.69, 9.17) is 0 Å². The van der Waals surface area contributed by atoms with Gasteiger partial charge in [-0.2, -0.15) is 0 Å². The van der Waals surface area contributed by atoms with Crippen molar-refractivity contribution in [3.8, 4) is 0 Å². The molecule has 1 aromatic heterocycles. The Hall–Kier alpha value is -1.94. The average Bonchev–Trinajstić information content (AvgIpc) is 2.55. The molecule has 1 aliphatic heterocycles. The Kier molecular flexibility index (Phi) is 6.11. The minimum absolute atomic E-state index is 0.329. The summed E-state index contributed by atoms with van der Waals surface area (Å²) >= 11 is 0. The highest BCUT2D eigenvalue weighted by Gasteiger charge is 2.20. The van der Waals surface area contributed by atoms with Crippen molar-refractivity contribution in [2.45, 2.75) is 0 Å². The predicted molar refractivity (Wildman–Crippen MR) is 90.0 cm³/mol.